The van der Waals surface area contributed by atoms with Crippen LogP contribution in [0.4, 0.5) is 11.4 Å². The van der Waals surface area contributed by atoms with Gasteiger partial charge in [-0.05, 0) is 30.3 Å². The number of anilines is 1. The van der Waals surface area contributed by atoms with Crippen molar-refractivity contribution >= 4 is 27.3 Å². The Hall–Kier alpha value is -3.42. The molecule has 0 atom stereocenters. The lowest BCUT2D eigenvalue weighted by molar-refractivity contribution is -0.384. The molecule has 2 rings (SSSR count). The number of amides is 1. The van der Waals surface area contributed by atoms with E-state index in [9.17, 15) is 23.3 Å². The Bertz CT molecular complexity index is 997. The summed E-state index contributed by atoms with van der Waals surface area (Å²) >= 11 is 0. The second kappa shape index (κ2) is 9.50. The normalized spacial score (nSPS) is 10.7. The lowest BCUT2D eigenvalue weighted by atomic mass is 10.2. The molecule has 0 aromatic heterocycles. The molecule has 28 heavy (non-hydrogen) atoms. The van der Waals surface area contributed by atoms with Gasteiger partial charge in [0.15, 0.2) is 0 Å². The predicted octanol–water partition coefficient (Wildman–Crippen LogP) is 1.35. The van der Waals surface area contributed by atoms with Gasteiger partial charge in [0.2, 0.25) is 10.0 Å². The number of sulfonamides is 1. The van der Waals surface area contributed by atoms with E-state index in [0.29, 0.717) is 5.69 Å². The fourth-order valence-corrected chi connectivity index (χ4v) is 3.20. The topological polar surface area (TPSA) is 130 Å². The minimum absolute atomic E-state index is 0.00245. The Kier molecular flexibility index (Phi) is 7.08. The van der Waals surface area contributed by atoms with Crippen LogP contribution >= 0.6 is 0 Å². The number of hydrogen-bond donors (Lipinski definition) is 3. The molecule has 146 valence electrons. The summed E-state index contributed by atoms with van der Waals surface area (Å²) in [5, 5.41) is 16.5. The average molecular weight is 402 g/mol. The molecular formula is C18H18N4O5S. The monoisotopic (exact) mass is 402 g/mol. The van der Waals surface area contributed by atoms with Crippen LogP contribution in [-0.2, 0) is 10.0 Å². The van der Waals surface area contributed by atoms with Gasteiger partial charge in [0.25, 0.3) is 11.6 Å². The first-order valence-corrected chi connectivity index (χ1v) is 9.62. The van der Waals surface area contributed by atoms with Gasteiger partial charge in [0.05, 0.1) is 16.4 Å². The second-order valence-electron chi connectivity index (χ2n) is 5.51. The molecule has 0 saturated heterocycles. The van der Waals surface area contributed by atoms with Crippen LogP contribution in [0.2, 0.25) is 0 Å². The number of nitrogens with one attached hydrogen (secondary N) is 3. The van der Waals surface area contributed by atoms with Crippen molar-refractivity contribution in [1.82, 2.24) is 10.0 Å². The molecular weight excluding hydrogens is 384 g/mol. The summed E-state index contributed by atoms with van der Waals surface area (Å²) in [6.45, 7) is 0.366. The molecule has 0 spiro atoms. The largest absolute Gasteiger partial charge is 0.378 e. The third-order valence-electron chi connectivity index (χ3n) is 3.62. The van der Waals surface area contributed by atoms with E-state index in [1.807, 2.05) is 0 Å². The minimum Gasteiger partial charge on any atom is -0.378 e. The number of carbonyl (C=O) groups excluding carboxylic acids is 1. The first-order valence-electron chi connectivity index (χ1n) is 8.14. The molecule has 0 aliphatic heterocycles. The molecule has 0 saturated carbocycles. The molecule has 0 heterocycles. The van der Waals surface area contributed by atoms with E-state index in [-0.39, 0.29) is 35.8 Å². The highest BCUT2D eigenvalue weighted by Gasteiger charge is 2.14. The second-order valence-corrected chi connectivity index (χ2v) is 7.28. The summed E-state index contributed by atoms with van der Waals surface area (Å²) in [5.74, 6) is 1.78. The highest BCUT2D eigenvalue weighted by atomic mass is 32.2. The van der Waals surface area contributed by atoms with Crippen molar-refractivity contribution in [2.45, 2.75) is 4.90 Å². The summed E-state index contributed by atoms with van der Waals surface area (Å²) in [4.78, 5) is 22.6. The van der Waals surface area contributed by atoms with E-state index in [2.05, 4.69) is 21.3 Å². The minimum atomic E-state index is -3.72. The molecule has 0 bridgehead atoms. The zero-order valence-corrected chi connectivity index (χ0v) is 15.5. The van der Waals surface area contributed by atoms with Crippen molar-refractivity contribution < 1.29 is 18.1 Å². The van der Waals surface area contributed by atoms with Crippen LogP contribution in [0.5, 0.6) is 0 Å². The smallest absolute Gasteiger partial charge is 0.292 e. The maximum atomic E-state index is 12.1. The Balaban J connectivity index is 1.89. The fourth-order valence-electron chi connectivity index (χ4n) is 2.26. The lowest BCUT2D eigenvalue weighted by Crippen LogP contribution is -2.29. The van der Waals surface area contributed by atoms with Crippen molar-refractivity contribution in [1.29, 1.82) is 0 Å². The van der Waals surface area contributed by atoms with Gasteiger partial charge >= 0.3 is 0 Å². The van der Waals surface area contributed by atoms with E-state index < -0.39 is 20.9 Å². The number of nitro benzene ring substituents is 1. The zero-order chi connectivity index (χ0) is 20.6. The van der Waals surface area contributed by atoms with E-state index >= 15 is 0 Å². The fraction of sp³-hybridized carbons (Fsp3) is 0.167. The summed E-state index contributed by atoms with van der Waals surface area (Å²) in [6.07, 6.45) is 5.03. The molecule has 2 aromatic rings. The number of benzene rings is 2. The van der Waals surface area contributed by atoms with Gasteiger partial charge in [-0.1, -0.05) is 18.1 Å². The molecule has 1 amide bonds. The quantitative estimate of drug-likeness (QED) is 0.251. The SMILES string of the molecule is C#CCNS(=O)(=O)c1ccc(C(=O)NCCNc2ccccc2[N+](=O)[O-])cc1. The molecule has 0 fully saturated rings. The van der Waals surface area contributed by atoms with Gasteiger partial charge in [-0.25, -0.2) is 8.42 Å². The van der Waals surface area contributed by atoms with Gasteiger partial charge < -0.3 is 10.6 Å². The Morgan fingerprint density at radius 2 is 1.79 bits per heavy atom. The van der Waals surface area contributed by atoms with Gasteiger partial charge in [-0.15, -0.1) is 6.42 Å². The summed E-state index contributed by atoms with van der Waals surface area (Å²) in [5.41, 5.74) is 0.585. The van der Waals surface area contributed by atoms with Crippen LogP contribution in [-0.4, -0.2) is 38.9 Å². The molecule has 2 aromatic carbocycles. The average Bonchev–Trinajstić information content (AvgIpc) is 2.69. The number of rotatable bonds is 9. The highest BCUT2D eigenvalue weighted by Crippen LogP contribution is 2.22. The van der Waals surface area contributed by atoms with Crippen LogP contribution in [0.25, 0.3) is 0 Å². The number of hydrogen-bond acceptors (Lipinski definition) is 6. The molecule has 0 unspecified atom stereocenters. The first-order chi connectivity index (χ1) is 13.3. The van der Waals surface area contributed by atoms with E-state index in [0.717, 1.165) is 0 Å². The maximum Gasteiger partial charge on any atom is 0.292 e. The maximum absolute atomic E-state index is 12.1. The van der Waals surface area contributed by atoms with Crippen molar-refractivity contribution in [3.05, 3.63) is 64.2 Å². The van der Waals surface area contributed by atoms with Crippen molar-refractivity contribution in [2.24, 2.45) is 0 Å². The third-order valence-corrected chi connectivity index (χ3v) is 5.03. The molecule has 0 radical (unpaired) electrons. The van der Waals surface area contributed by atoms with Gasteiger partial charge in [-0.2, -0.15) is 4.72 Å². The summed E-state index contributed by atoms with van der Waals surface area (Å²) in [6, 6.07) is 11.6. The Morgan fingerprint density at radius 3 is 2.43 bits per heavy atom. The molecule has 10 heteroatoms. The van der Waals surface area contributed by atoms with Crippen LogP contribution in [0.1, 0.15) is 10.4 Å². The number of para-hydroxylation sites is 2. The summed E-state index contributed by atoms with van der Waals surface area (Å²) in [7, 11) is -3.72. The Labute approximate surface area is 162 Å². The van der Waals surface area contributed by atoms with E-state index in [1.165, 1.54) is 30.3 Å². The van der Waals surface area contributed by atoms with Gasteiger partial charge in [-0.3, -0.25) is 14.9 Å². The summed E-state index contributed by atoms with van der Waals surface area (Å²) < 4.78 is 26.1. The highest BCUT2D eigenvalue weighted by molar-refractivity contribution is 7.89. The molecule has 0 aliphatic carbocycles. The first kappa shape index (κ1) is 20.9. The number of carbonyl (C=O) groups is 1. The zero-order valence-electron chi connectivity index (χ0n) is 14.7. The van der Waals surface area contributed by atoms with Crippen LogP contribution in [0, 0.1) is 22.5 Å². The van der Waals surface area contributed by atoms with E-state index in [4.69, 9.17) is 6.42 Å². The van der Waals surface area contributed by atoms with Crippen molar-refractivity contribution in [2.75, 3.05) is 25.0 Å². The van der Waals surface area contributed by atoms with Gasteiger partial charge in [0, 0.05) is 24.7 Å². The number of nitrogens with zero attached hydrogens (tertiary/aromatic N) is 1. The van der Waals surface area contributed by atoms with Crippen LogP contribution in [0.15, 0.2) is 53.4 Å². The number of terminal acetylenes is 1. The van der Waals surface area contributed by atoms with Gasteiger partial charge in [0.1, 0.15) is 5.69 Å². The molecule has 9 nitrogen and oxygen atoms in total. The lowest BCUT2D eigenvalue weighted by Gasteiger charge is -2.09. The Morgan fingerprint density at radius 1 is 1.11 bits per heavy atom. The number of nitro groups is 1. The van der Waals surface area contributed by atoms with Crippen LogP contribution < -0.4 is 15.4 Å². The molecule has 0 aliphatic rings. The van der Waals surface area contributed by atoms with Crippen LogP contribution in [0.3, 0.4) is 0 Å². The predicted molar refractivity (Wildman–Crippen MR) is 104 cm³/mol. The third kappa shape index (κ3) is 5.54. The molecule has 3 N–H and O–H groups in total. The van der Waals surface area contributed by atoms with Crippen molar-refractivity contribution in [3.63, 3.8) is 0 Å². The van der Waals surface area contributed by atoms with E-state index in [1.54, 1.807) is 18.2 Å². The van der Waals surface area contributed by atoms with Crippen molar-refractivity contribution in [3.8, 4) is 12.3 Å². The standard InChI is InChI=1S/C18H18N4O5S/c1-2-11-21-28(26,27)15-9-7-14(8-10-15)18(23)20-13-12-19-16-5-3-4-6-17(16)22(24)25/h1,3-10,19,21H,11-13H2,(H,20,23).